The van der Waals surface area contributed by atoms with Crippen LogP contribution in [0.25, 0.3) is 0 Å². The number of aliphatic hydroxyl groups is 1. The van der Waals surface area contributed by atoms with Crippen molar-refractivity contribution in [1.29, 1.82) is 0 Å². The van der Waals surface area contributed by atoms with Crippen LogP contribution in [0.15, 0.2) is 30.3 Å². The summed E-state index contributed by atoms with van der Waals surface area (Å²) in [4.78, 5) is 13.9. The van der Waals surface area contributed by atoms with Crippen LogP contribution < -0.4 is 5.32 Å². The number of hydrogen-bond donors (Lipinski definition) is 2. The number of benzene rings is 1. The van der Waals surface area contributed by atoms with Gasteiger partial charge in [-0.25, -0.2) is 4.39 Å². The molecule has 2 N–H and O–H groups in total. The first-order valence-corrected chi connectivity index (χ1v) is 7.25. The van der Waals surface area contributed by atoms with E-state index in [1.165, 1.54) is 29.5 Å². The predicted molar refractivity (Wildman–Crippen MR) is 82.0 cm³/mol. The minimum atomic E-state index is -0.445. The van der Waals surface area contributed by atoms with Crippen LogP contribution >= 0.6 is 11.3 Å². The summed E-state index contributed by atoms with van der Waals surface area (Å²) in [6.45, 7) is 1.70. The number of halogens is 1. The molecule has 1 aromatic carbocycles. The lowest BCUT2D eigenvalue weighted by Crippen LogP contribution is -2.11. The minimum absolute atomic E-state index is 0.252. The van der Waals surface area contributed by atoms with Gasteiger partial charge in [0.05, 0.1) is 16.1 Å². The number of aliphatic hydroxyl groups excluding tert-OH is 1. The van der Waals surface area contributed by atoms with E-state index in [4.69, 9.17) is 5.11 Å². The van der Waals surface area contributed by atoms with E-state index in [0.29, 0.717) is 16.1 Å². The Morgan fingerprint density at radius 2 is 2.19 bits per heavy atom. The molecule has 0 atom stereocenters. The smallest absolute Gasteiger partial charge is 0.265 e. The van der Waals surface area contributed by atoms with E-state index in [1.54, 1.807) is 6.07 Å². The summed E-state index contributed by atoms with van der Waals surface area (Å²) < 4.78 is 13.2. The first-order valence-electron chi connectivity index (χ1n) is 6.43. The molecule has 21 heavy (non-hydrogen) atoms. The Bertz CT molecular complexity index is 713. The molecule has 0 aliphatic carbocycles. The number of carbonyl (C=O) groups is 1. The normalized spacial score (nSPS) is 9.86. The lowest BCUT2D eigenvalue weighted by molar-refractivity contribution is 0.103. The number of thiophene rings is 1. The fourth-order valence-corrected chi connectivity index (χ4v) is 2.58. The van der Waals surface area contributed by atoms with Crippen LogP contribution in [0.5, 0.6) is 0 Å². The first kappa shape index (κ1) is 15.2. The Morgan fingerprint density at radius 1 is 1.38 bits per heavy atom. The van der Waals surface area contributed by atoms with Crippen molar-refractivity contribution in [2.45, 2.75) is 13.3 Å². The van der Waals surface area contributed by atoms with Crippen molar-refractivity contribution >= 4 is 22.9 Å². The highest BCUT2D eigenvalue weighted by molar-refractivity contribution is 7.14. The zero-order valence-corrected chi connectivity index (χ0v) is 12.3. The van der Waals surface area contributed by atoms with Crippen molar-refractivity contribution in [2.75, 3.05) is 11.9 Å². The standard InChI is InChI=1S/C16H14FNO2S/c1-2-13-6-8-15(21-13)16(20)18-14-7-5-12(17)10-11(14)4-3-9-19/h5-8,10,19H,2,9H2,1H3,(H,18,20). The van der Waals surface area contributed by atoms with Crippen molar-refractivity contribution < 1.29 is 14.3 Å². The molecule has 0 fully saturated rings. The molecule has 2 aromatic rings. The van der Waals surface area contributed by atoms with E-state index in [0.717, 1.165) is 11.3 Å². The van der Waals surface area contributed by atoms with E-state index in [2.05, 4.69) is 17.2 Å². The van der Waals surface area contributed by atoms with Crippen molar-refractivity contribution in [3.63, 3.8) is 0 Å². The van der Waals surface area contributed by atoms with Gasteiger partial charge in [0.2, 0.25) is 0 Å². The summed E-state index contributed by atoms with van der Waals surface area (Å²) in [5, 5.41) is 11.4. The van der Waals surface area contributed by atoms with Gasteiger partial charge in [-0.3, -0.25) is 4.79 Å². The van der Waals surface area contributed by atoms with Gasteiger partial charge in [-0.05, 0) is 36.8 Å². The summed E-state index contributed by atoms with van der Waals surface area (Å²) in [6.07, 6.45) is 0.877. The number of aryl methyl sites for hydroxylation is 1. The molecule has 108 valence electrons. The predicted octanol–water partition coefficient (Wildman–Crippen LogP) is 3.05. The van der Waals surface area contributed by atoms with Gasteiger partial charge in [0.1, 0.15) is 12.4 Å². The number of nitrogens with one attached hydrogen (secondary N) is 1. The molecule has 1 aromatic heterocycles. The van der Waals surface area contributed by atoms with Gasteiger partial charge in [-0.1, -0.05) is 18.8 Å². The zero-order chi connectivity index (χ0) is 15.2. The van der Waals surface area contributed by atoms with Crippen molar-refractivity contribution in [3.8, 4) is 11.8 Å². The second-order valence-electron chi connectivity index (χ2n) is 4.22. The van der Waals surface area contributed by atoms with E-state index in [1.807, 2.05) is 13.0 Å². The van der Waals surface area contributed by atoms with Crippen LogP contribution in [0.4, 0.5) is 10.1 Å². The number of anilines is 1. The Morgan fingerprint density at radius 3 is 2.86 bits per heavy atom. The molecule has 0 aliphatic rings. The minimum Gasteiger partial charge on any atom is -0.384 e. The molecule has 1 amide bonds. The molecule has 0 saturated carbocycles. The SMILES string of the molecule is CCc1ccc(C(=O)Nc2ccc(F)cc2C#CCO)s1. The van der Waals surface area contributed by atoms with Gasteiger partial charge in [0.15, 0.2) is 0 Å². The van der Waals surface area contributed by atoms with E-state index in [9.17, 15) is 9.18 Å². The molecular weight excluding hydrogens is 289 g/mol. The Labute approximate surface area is 126 Å². The maximum atomic E-state index is 13.2. The summed E-state index contributed by atoms with van der Waals surface area (Å²) in [6, 6.07) is 7.62. The molecule has 0 bridgehead atoms. The molecular formula is C16H14FNO2S. The second-order valence-corrected chi connectivity index (χ2v) is 5.39. The highest BCUT2D eigenvalue weighted by Crippen LogP contribution is 2.21. The second kappa shape index (κ2) is 7.02. The van der Waals surface area contributed by atoms with Crippen LogP contribution in [0, 0.1) is 17.7 Å². The van der Waals surface area contributed by atoms with Crippen LogP contribution in [-0.4, -0.2) is 17.6 Å². The maximum absolute atomic E-state index is 13.2. The van der Waals surface area contributed by atoms with Crippen LogP contribution in [0.2, 0.25) is 0 Å². The third-order valence-corrected chi connectivity index (χ3v) is 3.99. The number of carbonyl (C=O) groups excluding carboxylic acids is 1. The molecule has 1 heterocycles. The molecule has 5 heteroatoms. The van der Waals surface area contributed by atoms with Crippen LogP contribution in [-0.2, 0) is 6.42 Å². The number of rotatable bonds is 3. The summed E-state index contributed by atoms with van der Waals surface area (Å²) >= 11 is 1.42. The van der Waals surface area contributed by atoms with Crippen molar-refractivity contribution in [1.82, 2.24) is 0 Å². The lowest BCUT2D eigenvalue weighted by atomic mass is 10.1. The topological polar surface area (TPSA) is 49.3 Å². The molecule has 0 aliphatic heterocycles. The Kier molecular flexibility index (Phi) is 5.09. The number of amides is 1. The van der Waals surface area contributed by atoms with Gasteiger partial charge in [-0.15, -0.1) is 11.3 Å². The maximum Gasteiger partial charge on any atom is 0.265 e. The quantitative estimate of drug-likeness (QED) is 0.856. The monoisotopic (exact) mass is 303 g/mol. The van der Waals surface area contributed by atoms with Gasteiger partial charge in [0, 0.05) is 4.88 Å². The molecule has 3 nitrogen and oxygen atoms in total. The summed E-state index contributed by atoms with van der Waals surface area (Å²) in [7, 11) is 0. The summed E-state index contributed by atoms with van der Waals surface area (Å²) in [5.74, 6) is 4.38. The molecule has 0 unspecified atom stereocenters. The van der Waals surface area contributed by atoms with Crippen molar-refractivity contribution in [2.24, 2.45) is 0 Å². The highest BCUT2D eigenvalue weighted by atomic mass is 32.1. The number of hydrogen-bond acceptors (Lipinski definition) is 3. The van der Waals surface area contributed by atoms with E-state index in [-0.39, 0.29) is 12.5 Å². The van der Waals surface area contributed by atoms with Gasteiger partial charge >= 0.3 is 0 Å². The Hall–Kier alpha value is -2.16. The third-order valence-electron chi connectivity index (χ3n) is 2.77. The Balaban J connectivity index is 2.24. The lowest BCUT2D eigenvalue weighted by Gasteiger charge is -2.06. The highest BCUT2D eigenvalue weighted by Gasteiger charge is 2.11. The molecule has 0 radical (unpaired) electrons. The zero-order valence-electron chi connectivity index (χ0n) is 11.4. The average Bonchev–Trinajstić information content (AvgIpc) is 2.96. The molecule has 2 rings (SSSR count). The third kappa shape index (κ3) is 3.91. The van der Waals surface area contributed by atoms with Crippen LogP contribution in [0.1, 0.15) is 27.0 Å². The van der Waals surface area contributed by atoms with E-state index >= 15 is 0 Å². The molecule has 0 spiro atoms. The van der Waals surface area contributed by atoms with Crippen LogP contribution in [0.3, 0.4) is 0 Å². The van der Waals surface area contributed by atoms with Gasteiger partial charge in [0.25, 0.3) is 5.91 Å². The molecule has 0 saturated heterocycles. The fraction of sp³-hybridized carbons (Fsp3) is 0.188. The first-order chi connectivity index (χ1) is 10.1. The fourth-order valence-electron chi connectivity index (χ4n) is 1.74. The van der Waals surface area contributed by atoms with Crippen molar-refractivity contribution in [3.05, 3.63) is 51.5 Å². The van der Waals surface area contributed by atoms with E-state index < -0.39 is 5.82 Å². The largest absolute Gasteiger partial charge is 0.384 e. The van der Waals surface area contributed by atoms with Gasteiger partial charge in [-0.2, -0.15) is 0 Å². The van der Waals surface area contributed by atoms with Gasteiger partial charge < -0.3 is 10.4 Å². The average molecular weight is 303 g/mol. The summed E-state index contributed by atoms with van der Waals surface area (Å²) in [5.41, 5.74) is 0.762.